The fourth-order valence-electron chi connectivity index (χ4n) is 1.80. The molecule has 1 atom stereocenters. The van der Waals surface area contributed by atoms with Crippen molar-refractivity contribution in [3.63, 3.8) is 0 Å². The van der Waals surface area contributed by atoms with Crippen LogP contribution >= 0.6 is 0 Å². The van der Waals surface area contributed by atoms with Gasteiger partial charge in [0.1, 0.15) is 0 Å². The number of hydrogen-bond donors (Lipinski definition) is 1. The first kappa shape index (κ1) is 8.70. The number of nitrogens with zero attached hydrogens (tertiary/aromatic N) is 1. The van der Waals surface area contributed by atoms with Crippen LogP contribution in [0.3, 0.4) is 0 Å². The lowest BCUT2D eigenvalue weighted by Gasteiger charge is -2.06. The van der Waals surface area contributed by atoms with Crippen molar-refractivity contribution in [3.8, 4) is 0 Å². The Balaban J connectivity index is 1.97. The zero-order valence-corrected chi connectivity index (χ0v) is 8.09. The monoisotopic (exact) mass is 176 g/mol. The summed E-state index contributed by atoms with van der Waals surface area (Å²) in [5.74, 6) is 0.801. The summed E-state index contributed by atoms with van der Waals surface area (Å²) in [4.78, 5) is 4.41. The summed E-state index contributed by atoms with van der Waals surface area (Å²) in [6.07, 6.45) is 4.39. The molecule has 0 bridgehead atoms. The van der Waals surface area contributed by atoms with Gasteiger partial charge in [-0.3, -0.25) is 4.98 Å². The maximum Gasteiger partial charge on any atom is 0.0407 e. The van der Waals surface area contributed by atoms with Crippen LogP contribution in [0.15, 0.2) is 18.3 Å². The molecule has 13 heavy (non-hydrogen) atoms. The molecule has 1 N–H and O–H groups in total. The third-order valence-electron chi connectivity index (χ3n) is 2.63. The van der Waals surface area contributed by atoms with Crippen LogP contribution in [-0.4, -0.2) is 18.1 Å². The summed E-state index contributed by atoms with van der Waals surface area (Å²) in [5, 5.41) is 3.38. The summed E-state index contributed by atoms with van der Waals surface area (Å²) >= 11 is 0. The van der Waals surface area contributed by atoms with Crippen molar-refractivity contribution in [2.24, 2.45) is 5.92 Å². The molecule has 0 aliphatic carbocycles. The first-order valence-corrected chi connectivity index (χ1v) is 4.97. The third kappa shape index (κ3) is 2.28. The fraction of sp³-hybridized carbons (Fsp3) is 0.545. The Morgan fingerprint density at radius 2 is 2.46 bits per heavy atom. The van der Waals surface area contributed by atoms with E-state index >= 15 is 0 Å². The van der Waals surface area contributed by atoms with Crippen LogP contribution in [0.1, 0.15) is 17.7 Å². The average molecular weight is 176 g/mol. The molecule has 0 saturated carbocycles. The van der Waals surface area contributed by atoms with E-state index < -0.39 is 0 Å². The maximum absolute atomic E-state index is 4.41. The van der Waals surface area contributed by atoms with Gasteiger partial charge in [0.05, 0.1) is 0 Å². The van der Waals surface area contributed by atoms with E-state index in [1.165, 1.54) is 24.2 Å². The SMILES string of the molecule is Cc1ccc(CC2CCNC2)nc1. The molecule has 1 unspecified atom stereocenters. The van der Waals surface area contributed by atoms with E-state index in [1.807, 2.05) is 6.20 Å². The van der Waals surface area contributed by atoms with Gasteiger partial charge >= 0.3 is 0 Å². The van der Waals surface area contributed by atoms with E-state index in [9.17, 15) is 0 Å². The van der Waals surface area contributed by atoms with Gasteiger partial charge in [-0.25, -0.2) is 0 Å². The molecule has 1 aromatic heterocycles. The highest BCUT2D eigenvalue weighted by Gasteiger charge is 2.14. The van der Waals surface area contributed by atoms with Crippen molar-refractivity contribution >= 4 is 0 Å². The molecular formula is C11H16N2. The van der Waals surface area contributed by atoms with E-state index in [1.54, 1.807) is 0 Å². The smallest absolute Gasteiger partial charge is 0.0407 e. The number of rotatable bonds is 2. The van der Waals surface area contributed by atoms with Crippen LogP contribution in [0.4, 0.5) is 0 Å². The Kier molecular flexibility index (Phi) is 2.60. The Hall–Kier alpha value is -0.890. The molecule has 2 rings (SSSR count). The molecule has 0 radical (unpaired) electrons. The lowest BCUT2D eigenvalue weighted by atomic mass is 10.0. The van der Waals surface area contributed by atoms with Gasteiger partial charge in [-0.1, -0.05) is 6.07 Å². The molecule has 0 aromatic carbocycles. The first-order valence-electron chi connectivity index (χ1n) is 4.97. The Morgan fingerprint density at radius 1 is 1.54 bits per heavy atom. The lowest BCUT2D eigenvalue weighted by molar-refractivity contribution is 0.571. The van der Waals surface area contributed by atoms with Crippen molar-refractivity contribution in [2.75, 3.05) is 13.1 Å². The lowest BCUT2D eigenvalue weighted by Crippen LogP contribution is -2.11. The summed E-state index contributed by atoms with van der Waals surface area (Å²) < 4.78 is 0. The fourth-order valence-corrected chi connectivity index (χ4v) is 1.80. The Labute approximate surface area is 79.4 Å². The zero-order valence-electron chi connectivity index (χ0n) is 8.09. The van der Waals surface area contributed by atoms with Gasteiger partial charge in [0, 0.05) is 11.9 Å². The number of aromatic nitrogens is 1. The molecule has 1 aliphatic heterocycles. The molecule has 2 heterocycles. The number of hydrogen-bond acceptors (Lipinski definition) is 2. The summed E-state index contributed by atoms with van der Waals surface area (Å²) in [7, 11) is 0. The number of pyridine rings is 1. The van der Waals surface area contributed by atoms with Gasteiger partial charge in [-0.15, -0.1) is 0 Å². The summed E-state index contributed by atoms with van der Waals surface area (Å²) in [5.41, 5.74) is 2.48. The number of nitrogens with one attached hydrogen (secondary N) is 1. The normalized spacial score (nSPS) is 22.1. The second-order valence-electron chi connectivity index (χ2n) is 3.89. The molecule has 1 saturated heterocycles. The minimum atomic E-state index is 0.801. The highest BCUT2D eigenvalue weighted by atomic mass is 14.9. The molecular weight excluding hydrogens is 160 g/mol. The van der Waals surface area contributed by atoms with Crippen molar-refractivity contribution in [2.45, 2.75) is 19.8 Å². The molecule has 0 spiro atoms. The predicted molar refractivity (Wildman–Crippen MR) is 53.7 cm³/mol. The van der Waals surface area contributed by atoms with E-state index in [4.69, 9.17) is 0 Å². The Bertz CT molecular complexity index is 260. The van der Waals surface area contributed by atoms with Gasteiger partial charge < -0.3 is 5.32 Å². The second kappa shape index (κ2) is 3.88. The molecule has 1 aromatic rings. The zero-order chi connectivity index (χ0) is 9.10. The van der Waals surface area contributed by atoms with Gasteiger partial charge in [0.25, 0.3) is 0 Å². The molecule has 2 heteroatoms. The third-order valence-corrected chi connectivity index (χ3v) is 2.63. The summed E-state index contributed by atoms with van der Waals surface area (Å²) in [6.45, 7) is 4.42. The van der Waals surface area contributed by atoms with Crippen LogP contribution in [-0.2, 0) is 6.42 Å². The van der Waals surface area contributed by atoms with Crippen molar-refractivity contribution in [1.29, 1.82) is 0 Å². The van der Waals surface area contributed by atoms with E-state index in [0.717, 1.165) is 18.9 Å². The maximum atomic E-state index is 4.41. The van der Waals surface area contributed by atoms with Crippen LogP contribution in [0.5, 0.6) is 0 Å². The largest absolute Gasteiger partial charge is 0.316 e. The van der Waals surface area contributed by atoms with E-state index in [-0.39, 0.29) is 0 Å². The van der Waals surface area contributed by atoms with Gasteiger partial charge in [-0.2, -0.15) is 0 Å². The Morgan fingerprint density at radius 3 is 3.08 bits per heavy atom. The highest BCUT2D eigenvalue weighted by Crippen LogP contribution is 2.13. The van der Waals surface area contributed by atoms with Crippen molar-refractivity contribution in [3.05, 3.63) is 29.6 Å². The van der Waals surface area contributed by atoms with Crippen molar-refractivity contribution < 1.29 is 0 Å². The van der Waals surface area contributed by atoms with E-state index in [2.05, 4.69) is 29.4 Å². The van der Waals surface area contributed by atoms with Crippen molar-refractivity contribution in [1.82, 2.24) is 10.3 Å². The van der Waals surface area contributed by atoms with Gasteiger partial charge in [0.15, 0.2) is 0 Å². The van der Waals surface area contributed by atoms with Crippen LogP contribution < -0.4 is 5.32 Å². The first-order chi connectivity index (χ1) is 6.34. The topological polar surface area (TPSA) is 24.9 Å². The molecule has 1 aliphatic rings. The van der Waals surface area contributed by atoms with E-state index in [0.29, 0.717) is 0 Å². The molecule has 0 amide bonds. The average Bonchev–Trinajstić information content (AvgIpc) is 2.62. The molecule has 70 valence electrons. The van der Waals surface area contributed by atoms with Crippen LogP contribution in [0.25, 0.3) is 0 Å². The highest BCUT2D eigenvalue weighted by molar-refractivity contribution is 5.12. The minimum absolute atomic E-state index is 0.801. The quantitative estimate of drug-likeness (QED) is 0.739. The van der Waals surface area contributed by atoms with Crippen LogP contribution in [0.2, 0.25) is 0 Å². The molecule has 1 fully saturated rings. The minimum Gasteiger partial charge on any atom is -0.316 e. The van der Waals surface area contributed by atoms with Gasteiger partial charge in [-0.05, 0) is 50.4 Å². The van der Waals surface area contributed by atoms with Gasteiger partial charge in [0.2, 0.25) is 0 Å². The van der Waals surface area contributed by atoms with Crippen LogP contribution in [0, 0.1) is 12.8 Å². The standard InChI is InChI=1S/C11H16N2/c1-9-2-3-11(13-7-9)6-10-4-5-12-8-10/h2-3,7,10,12H,4-6,8H2,1H3. The number of aryl methyl sites for hydroxylation is 1. The second-order valence-corrected chi connectivity index (χ2v) is 3.89. The predicted octanol–water partition coefficient (Wildman–Crippen LogP) is 1.54. The molecule has 2 nitrogen and oxygen atoms in total. The summed E-state index contributed by atoms with van der Waals surface area (Å²) in [6, 6.07) is 4.29.